The van der Waals surface area contributed by atoms with Gasteiger partial charge in [0.05, 0.1) is 5.75 Å². The topological polar surface area (TPSA) is 88.5 Å². The number of hydrogen-bond acceptors (Lipinski definition) is 4. The fraction of sp³-hybridized carbons (Fsp3) is 0.333. The van der Waals surface area contributed by atoms with Crippen molar-refractivity contribution in [1.82, 2.24) is 0 Å². The zero-order valence-electron chi connectivity index (χ0n) is 15.2. The molecule has 1 N–H and O–H groups in total. The molecule has 2 aromatic rings. The van der Waals surface area contributed by atoms with Gasteiger partial charge in [0.1, 0.15) is 5.75 Å². The molecular formula is C18H23ClO5S2. The lowest BCUT2D eigenvalue weighted by atomic mass is 10.1. The maximum Gasteiger partial charge on any atom is 0.269 e. The molecule has 26 heavy (non-hydrogen) atoms. The van der Waals surface area contributed by atoms with E-state index in [0.29, 0.717) is 5.56 Å². The number of rotatable bonds is 4. The molecule has 0 radical (unpaired) electrons. The third-order valence-corrected chi connectivity index (χ3v) is 5.55. The van der Waals surface area contributed by atoms with Crippen LogP contribution in [-0.4, -0.2) is 21.4 Å². The van der Waals surface area contributed by atoms with Gasteiger partial charge in [-0.3, -0.25) is 4.55 Å². The second kappa shape index (κ2) is 8.99. The van der Waals surface area contributed by atoms with Gasteiger partial charge < -0.3 is 0 Å². The maximum absolute atomic E-state index is 10.9. The minimum Gasteiger partial charge on any atom is -0.285 e. The van der Waals surface area contributed by atoms with Crippen molar-refractivity contribution in [3.8, 4) is 0 Å². The van der Waals surface area contributed by atoms with Crippen LogP contribution in [-0.2, 0) is 30.7 Å². The van der Waals surface area contributed by atoms with Gasteiger partial charge in [-0.2, -0.15) is 8.42 Å². The average Bonchev–Trinajstić information content (AvgIpc) is 2.46. The van der Waals surface area contributed by atoms with Gasteiger partial charge in [0.25, 0.3) is 10.1 Å². The van der Waals surface area contributed by atoms with Crippen LogP contribution in [0.15, 0.2) is 36.4 Å². The van der Waals surface area contributed by atoms with Crippen molar-refractivity contribution in [1.29, 1.82) is 0 Å². The first-order chi connectivity index (χ1) is 11.8. The van der Waals surface area contributed by atoms with E-state index in [4.69, 9.17) is 15.2 Å². The molecule has 0 unspecified atom stereocenters. The van der Waals surface area contributed by atoms with Gasteiger partial charge in [0.15, 0.2) is 0 Å². The summed E-state index contributed by atoms with van der Waals surface area (Å²) in [5.74, 6) is -0.390. The Hall–Kier alpha value is -1.41. The summed E-state index contributed by atoms with van der Waals surface area (Å²) in [6.45, 7) is 7.41. The highest BCUT2D eigenvalue weighted by Crippen LogP contribution is 2.18. The van der Waals surface area contributed by atoms with Crippen LogP contribution in [0.3, 0.4) is 0 Å². The smallest absolute Gasteiger partial charge is 0.269 e. The van der Waals surface area contributed by atoms with E-state index in [0.717, 1.165) is 27.8 Å². The summed E-state index contributed by atoms with van der Waals surface area (Å²) in [7, 11) is -2.19. The van der Waals surface area contributed by atoms with E-state index >= 15 is 0 Å². The van der Waals surface area contributed by atoms with Gasteiger partial charge in [-0.15, -0.1) is 0 Å². The number of aryl methyl sites for hydroxylation is 4. The molecular weight excluding hydrogens is 396 g/mol. The van der Waals surface area contributed by atoms with E-state index in [1.165, 1.54) is 0 Å². The normalized spacial score (nSPS) is 11.6. The highest BCUT2D eigenvalue weighted by molar-refractivity contribution is 8.13. The molecule has 2 aromatic carbocycles. The molecule has 0 aromatic heterocycles. The van der Waals surface area contributed by atoms with Crippen LogP contribution in [0.1, 0.15) is 33.4 Å². The van der Waals surface area contributed by atoms with Gasteiger partial charge in [0, 0.05) is 10.7 Å². The van der Waals surface area contributed by atoms with Crippen LogP contribution < -0.4 is 0 Å². The van der Waals surface area contributed by atoms with E-state index in [2.05, 4.69) is 0 Å². The molecule has 8 heteroatoms. The first-order valence-electron chi connectivity index (χ1n) is 7.78. The molecule has 0 fully saturated rings. The third-order valence-electron chi connectivity index (χ3n) is 3.93. The van der Waals surface area contributed by atoms with E-state index < -0.39 is 19.2 Å². The zero-order chi connectivity index (χ0) is 20.1. The van der Waals surface area contributed by atoms with Gasteiger partial charge in [-0.25, -0.2) is 8.42 Å². The van der Waals surface area contributed by atoms with E-state index in [1.807, 2.05) is 64.1 Å². The predicted octanol–water partition coefficient (Wildman–Crippen LogP) is 4.06. The quantitative estimate of drug-likeness (QED) is 0.597. The molecule has 0 saturated carbocycles. The Balaban J connectivity index is 0.000000260. The molecule has 0 atom stereocenters. The Bertz CT molecular complexity index is 859. The molecule has 0 spiro atoms. The molecule has 0 aliphatic carbocycles. The van der Waals surface area contributed by atoms with Crippen LogP contribution in [0.25, 0.3) is 0 Å². The lowest BCUT2D eigenvalue weighted by Gasteiger charge is -2.06. The monoisotopic (exact) mass is 418 g/mol. The summed E-state index contributed by atoms with van der Waals surface area (Å²) in [6, 6.07) is 11.2. The SMILES string of the molecule is Cc1cccc(C)c1CS(=O)(=O)Cl.Cc1cccc(C)c1CS(=O)(=O)O. The van der Waals surface area contributed by atoms with Crippen LogP contribution in [0, 0.1) is 27.7 Å². The third kappa shape index (κ3) is 7.86. The second-order valence-electron chi connectivity index (χ2n) is 6.15. The van der Waals surface area contributed by atoms with Crippen molar-refractivity contribution < 1.29 is 21.4 Å². The van der Waals surface area contributed by atoms with Crippen molar-refractivity contribution in [2.24, 2.45) is 0 Å². The summed E-state index contributed by atoms with van der Waals surface area (Å²) >= 11 is 0. The van der Waals surface area contributed by atoms with Crippen molar-refractivity contribution >= 4 is 29.9 Å². The Morgan fingerprint density at radius 1 is 0.731 bits per heavy atom. The molecule has 0 bridgehead atoms. The number of benzene rings is 2. The lowest BCUT2D eigenvalue weighted by Crippen LogP contribution is -2.04. The Labute approximate surface area is 160 Å². The van der Waals surface area contributed by atoms with Crippen LogP contribution in [0.2, 0.25) is 0 Å². The fourth-order valence-electron chi connectivity index (χ4n) is 2.51. The summed E-state index contributed by atoms with van der Waals surface area (Å²) < 4.78 is 51.8. The summed E-state index contributed by atoms with van der Waals surface area (Å²) in [6.07, 6.45) is 0. The molecule has 5 nitrogen and oxygen atoms in total. The molecule has 0 saturated heterocycles. The average molecular weight is 419 g/mol. The fourth-order valence-corrected chi connectivity index (χ4v) is 4.46. The standard InChI is InChI=1S/C9H11ClO2S.C9H12O3S/c2*1-7-4-3-5-8(2)9(7)6-13(10,11)12/h3-5H,6H2,1-2H3;3-5H,6H2,1-2H3,(H,10,11,12). The van der Waals surface area contributed by atoms with E-state index in [-0.39, 0.29) is 11.5 Å². The minimum absolute atomic E-state index is 0.0902. The van der Waals surface area contributed by atoms with Crippen molar-refractivity contribution in [3.63, 3.8) is 0 Å². The van der Waals surface area contributed by atoms with E-state index in [1.54, 1.807) is 0 Å². The molecule has 2 rings (SSSR count). The number of halogens is 1. The Morgan fingerprint density at radius 3 is 1.31 bits per heavy atom. The highest BCUT2D eigenvalue weighted by Gasteiger charge is 2.11. The highest BCUT2D eigenvalue weighted by atomic mass is 35.7. The van der Waals surface area contributed by atoms with Crippen molar-refractivity contribution in [3.05, 3.63) is 69.8 Å². The lowest BCUT2D eigenvalue weighted by molar-refractivity contribution is 0.482. The zero-order valence-corrected chi connectivity index (χ0v) is 17.5. The Morgan fingerprint density at radius 2 is 1.04 bits per heavy atom. The maximum atomic E-state index is 10.9. The predicted molar refractivity (Wildman–Crippen MR) is 106 cm³/mol. The van der Waals surface area contributed by atoms with Gasteiger partial charge in [0.2, 0.25) is 9.05 Å². The van der Waals surface area contributed by atoms with Gasteiger partial charge in [-0.05, 0) is 61.1 Å². The molecule has 0 aliphatic heterocycles. The van der Waals surface area contributed by atoms with Crippen LogP contribution in [0.5, 0.6) is 0 Å². The van der Waals surface area contributed by atoms with Crippen molar-refractivity contribution in [2.45, 2.75) is 39.2 Å². The first-order valence-corrected chi connectivity index (χ1v) is 11.9. The summed E-state index contributed by atoms with van der Waals surface area (Å²) in [4.78, 5) is 0. The van der Waals surface area contributed by atoms with Crippen molar-refractivity contribution in [2.75, 3.05) is 0 Å². The molecule has 0 amide bonds. The van der Waals surface area contributed by atoms with Gasteiger partial charge >= 0.3 is 0 Å². The van der Waals surface area contributed by atoms with E-state index in [9.17, 15) is 16.8 Å². The second-order valence-corrected chi connectivity index (χ2v) is 10.4. The molecule has 0 heterocycles. The molecule has 144 valence electrons. The Kier molecular flexibility index (Phi) is 7.83. The largest absolute Gasteiger partial charge is 0.285 e. The molecule has 0 aliphatic rings. The van der Waals surface area contributed by atoms with Crippen LogP contribution in [0.4, 0.5) is 0 Å². The number of hydrogen-bond donors (Lipinski definition) is 1. The van der Waals surface area contributed by atoms with Crippen LogP contribution >= 0.6 is 10.7 Å². The minimum atomic E-state index is -3.92. The van der Waals surface area contributed by atoms with Gasteiger partial charge in [-0.1, -0.05) is 36.4 Å². The first kappa shape index (κ1) is 22.6. The summed E-state index contributed by atoms with van der Waals surface area (Å²) in [5.41, 5.74) is 5.19. The summed E-state index contributed by atoms with van der Waals surface area (Å²) in [5, 5.41) is 0.